The lowest BCUT2D eigenvalue weighted by Crippen LogP contribution is -2.18. The van der Waals surface area contributed by atoms with Crippen LogP contribution in [0, 0.1) is 0 Å². The van der Waals surface area contributed by atoms with Crippen LogP contribution in [0.4, 0.5) is 11.8 Å². The molecule has 2 aromatic rings. The molecule has 1 saturated carbocycles. The van der Waals surface area contributed by atoms with E-state index in [1.807, 2.05) is 7.05 Å². The molecule has 2 N–H and O–H groups in total. The molecule has 1 fully saturated rings. The van der Waals surface area contributed by atoms with Crippen molar-refractivity contribution in [3.63, 3.8) is 0 Å². The van der Waals surface area contributed by atoms with Gasteiger partial charge < -0.3 is 15.4 Å². The molecule has 2 heterocycles. The van der Waals surface area contributed by atoms with Crippen molar-refractivity contribution in [2.75, 3.05) is 24.8 Å². The molecule has 1 aliphatic carbocycles. The molecule has 0 saturated heterocycles. The number of hydrogen-bond acceptors (Lipinski definition) is 6. The van der Waals surface area contributed by atoms with E-state index in [9.17, 15) is 0 Å². The van der Waals surface area contributed by atoms with Crippen LogP contribution in [0.3, 0.4) is 0 Å². The van der Waals surface area contributed by atoms with E-state index in [2.05, 4.69) is 33.6 Å². The van der Waals surface area contributed by atoms with E-state index in [1.54, 1.807) is 18.4 Å². The maximum absolute atomic E-state index is 5.45. The third kappa shape index (κ3) is 2.96. The Hall–Kier alpha value is -1.40. The van der Waals surface area contributed by atoms with Gasteiger partial charge >= 0.3 is 0 Å². The zero-order chi connectivity index (χ0) is 14.8. The van der Waals surface area contributed by atoms with Gasteiger partial charge in [0.25, 0.3) is 0 Å². The number of aryl methyl sites for hydroxylation is 1. The second kappa shape index (κ2) is 6.15. The smallest absolute Gasteiger partial charge is 0.225 e. The molecule has 0 spiro atoms. The van der Waals surface area contributed by atoms with Crippen molar-refractivity contribution in [2.24, 2.45) is 0 Å². The standard InChI is InChI=1S/C15H22N4OS/c1-4-11-8-12-13(17-9-5-6-10(7-9)20-3)18-15(16-2)19-14(12)21-11/h8-10H,4-7H2,1-3H3,(H2,16,17,18,19). The highest BCUT2D eigenvalue weighted by atomic mass is 32.1. The largest absolute Gasteiger partial charge is 0.381 e. The van der Waals surface area contributed by atoms with E-state index in [-0.39, 0.29) is 0 Å². The maximum Gasteiger partial charge on any atom is 0.225 e. The Labute approximate surface area is 129 Å². The zero-order valence-electron chi connectivity index (χ0n) is 12.8. The minimum absolute atomic E-state index is 0.372. The summed E-state index contributed by atoms with van der Waals surface area (Å²) < 4.78 is 5.45. The van der Waals surface area contributed by atoms with E-state index in [4.69, 9.17) is 4.74 Å². The highest BCUT2D eigenvalue weighted by Crippen LogP contribution is 2.32. The summed E-state index contributed by atoms with van der Waals surface area (Å²) >= 11 is 1.75. The van der Waals surface area contributed by atoms with Crippen molar-refractivity contribution in [1.29, 1.82) is 0 Å². The van der Waals surface area contributed by atoms with Crippen LogP contribution >= 0.6 is 11.3 Å². The predicted molar refractivity (Wildman–Crippen MR) is 88.4 cm³/mol. The van der Waals surface area contributed by atoms with Gasteiger partial charge in [0, 0.05) is 25.1 Å². The summed E-state index contributed by atoms with van der Waals surface area (Å²) in [5, 5.41) is 7.78. The fourth-order valence-corrected chi connectivity index (χ4v) is 3.81. The number of fused-ring (bicyclic) bond motifs is 1. The van der Waals surface area contributed by atoms with E-state index in [0.717, 1.165) is 41.7 Å². The predicted octanol–water partition coefficient (Wildman–Crippen LogP) is 3.27. The first-order valence-corrected chi connectivity index (χ1v) is 8.32. The molecule has 5 nitrogen and oxygen atoms in total. The van der Waals surface area contributed by atoms with Crippen LogP contribution in [-0.2, 0) is 11.2 Å². The summed E-state index contributed by atoms with van der Waals surface area (Å²) in [6.45, 7) is 2.17. The first-order valence-electron chi connectivity index (χ1n) is 7.51. The summed E-state index contributed by atoms with van der Waals surface area (Å²) in [4.78, 5) is 11.6. The monoisotopic (exact) mass is 306 g/mol. The van der Waals surface area contributed by atoms with Crippen molar-refractivity contribution < 1.29 is 4.74 Å². The minimum Gasteiger partial charge on any atom is -0.381 e. The van der Waals surface area contributed by atoms with Gasteiger partial charge in [0.2, 0.25) is 5.95 Å². The molecule has 3 rings (SSSR count). The van der Waals surface area contributed by atoms with Crippen LogP contribution in [0.5, 0.6) is 0 Å². The zero-order valence-corrected chi connectivity index (χ0v) is 13.6. The lowest BCUT2D eigenvalue weighted by Gasteiger charge is -2.15. The summed E-state index contributed by atoms with van der Waals surface area (Å²) in [7, 11) is 3.65. The minimum atomic E-state index is 0.372. The molecule has 0 radical (unpaired) electrons. The van der Waals surface area contributed by atoms with E-state index < -0.39 is 0 Å². The molecule has 1 aliphatic rings. The fraction of sp³-hybridized carbons (Fsp3) is 0.600. The van der Waals surface area contributed by atoms with Crippen LogP contribution in [0.25, 0.3) is 10.2 Å². The van der Waals surface area contributed by atoms with Gasteiger partial charge in [0.1, 0.15) is 10.6 Å². The van der Waals surface area contributed by atoms with E-state index in [1.165, 1.54) is 4.88 Å². The third-order valence-corrected chi connectivity index (χ3v) is 5.25. The van der Waals surface area contributed by atoms with Crippen LogP contribution in [-0.4, -0.2) is 36.3 Å². The van der Waals surface area contributed by atoms with Gasteiger partial charge in [-0.05, 0) is 31.7 Å². The van der Waals surface area contributed by atoms with E-state index in [0.29, 0.717) is 18.1 Å². The summed E-state index contributed by atoms with van der Waals surface area (Å²) in [5.74, 6) is 1.62. The molecule has 0 aromatic carbocycles. The van der Waals surface area contributed by atoms with Gasteiger partial charge in [-0.15, -0.1) is 11.3 Å². The van der Waals surface area contributed by atoms with Gasteiger partial charge in [0.05, 0.1) is 11.5 Å². The van der Waals surface area contributed by atoms with Gasteiger partial charge in [-0.2, -0.15) is 4.98 Å². The molecular weight excluding hydrogens is 284 g/mol. The lowest BCUT2D eigenvalue weighted by atomic mass is 10.2. The summed E-state index contributed by atoms with van der Waals surface area (Å²) in [6.07, 6.45) is 4.69. The number of nitrogens with one attached hydrogen (secondary N) is 2. The Morgan fingerprint density at radius 2 is 2.24 bits per heavy atom. The Bertz CT molecular complexity index is 627. The van der Waals surface area contributed by atoms with Gasteiger partial charge in [-0.1, -0.05) is 6.92 Å². The Morgan fingerprint density at radius 3 is 2.90 bits per heavy atom. The number of rotatable bonds is 5. The second-order valence-electron chi connectivity index (χ2n) is 5.44. The first-order chi connectivity index (χ1) is 10.2. The van der Waals surface area contributed by atoms with Crippen molar-refractivity contribution in [1.82, 2.24) is 9.97 Å². The van der Waals surface area contributed by atoms with Crippen LogP contribution in [0.2, 0.25) is 0 Å². The topological polar surface area (TPSA) is 59.1 Å². The number of hydrogen-bond donors (Lipinski definition) is 2. The molecule has 2 atom stereocenters. The van der Waals surface area contributed by atoms with Gasteiger partial charge in [-0.25, -0.2) is 4.98 Å². The average molecular weight is 306 g/mol. The SMILES string of the molecule is CCc1cc2c(NC3CCC(OC)C3)nc(NC)nc2s1. The fourth-order valence-electron chi connectivity index (χ4n) is 2.85. The molecule has 6 heteroatoms. The lowest BCUT2D eigenvalue weighted by molar-refractivity contribution is 0.108. The van der Waals surface area contributed by atoms with Crippen molar-refractivity contribution >= 4 is 33.3 Å². The van der Waals surface area contributed by atoms with Crippen LogP contribution in [0.1, 0.15) is 31.1 Å². The molecule has 0 aliphatic heterocycles. The molecular formula is C15H22N4OS. The normalized spacial score (nSPS) is 21.9. The van der Waals surface area contributed by atoms with Gasteiger partial charge in [-0.3, -0.25) is 0 Å². The van der Waals surface area contributed by atoms with E-state index >= 15 is 0 Å². The quantitative estimate of drug-likeness (QED) is 0.888. The number of nitrogens with zero attached hydrogens (tertiary/aromatic N) is 2. The van der Waals surface area contributed by atoms with Crippen LogP contribution in [0.15, 0.2) is 6.07 Å². The molecule has 2 aromatic heterocycles. The number of anilines is 2. The Morgan fingerprint density at radius 1 is 1.38 bits per heavy atom. The van der Waals surface area contributed by atoms with Crippen LogP contribution < -0.4 is 10.6 Å². The van der Waals surface area contributed by atoms with Crippen molar-refractivity contribution in [2.45, 2.75) is 44.8 Å². The maximum atomic E-state index is 5.45. The molecule has 21 heavy (non-hydrogen) atoms. The van der Waals surface area contributed by atoms with Crippen molar-refractivity contribution in [3.8, 4) is 0 Å². The summed E-state index contributed by atoms with van der Waals surface area (Å²) in [6, 6.07) is 2.65. The molecule has 114 valence electrons. The Kier molecular flexibility index (Phi) is 4.26. The molecule has 0 amide bonds. The number of aromatic nitrogens is 2. The highest BCUT2D eigenvalue weighted by Gasteiger charge is 2.25. The molecule has 0 bridgehead atoms. The second-order valence-corrected chi connectivity index (χ2v) is 6.56. The Balaban J connectivity index is 1.90. The number of thiophene rings is 1. The van der Waals surface area contributed by atoms with Crippen molar-refractivity contribution in [3.05, 3.63) is 10.9 Å². The van der Waals surface area contributed by atoms with Gasteiger partial charge in [0.15, 0.2) is 0 Å². The summed E-state index contributed by atoms with van der Waals surface area (Å²) in [5.41, 5.74) is 0. The average Bonchev–Trinajstić information content (AvgIpc) is 3.12. The first kappa shape index (κ1) is 14.5. The number of methoxy groups -OCH3 is 1. The molecule has 2 unspecified atom stereocenters. The number of ether oxygens (including phenoxy) is 1. The third-order valence-electron chi connectivity index (χ3n) is 4.07. The highest BCUT2D eigenvalue weighted by molar-refractivity contribution is 7.18.